The van der Waals surface area contributed by atoms with Gasteiger partial charge in [0.25, 0.3) is 0 Å². The Balaban J connectivity index is 2.20. The molecule has 96 valence electrons. The molecule has 0 spiro atoms. The van der Waals surface area contributed by atoms with Crippen LogP contribution < -0.4 is 4.74 Å². The SMILES string of the molecule is COc1ccc(-c2nnc(CCCCl)s2)cc1F. The molecule has 3 nitrogen and oxygen atoms in total. The van der Waals surface area contributed by atoms with Crippen molar-refractivity contribution in [2.45, 2.75) is 12.8 Å². The highest BCUT2D eigenvalue weighted by molar-refractivity contribution is 7.14. The molecule has 0 saturated carbocycles. The first-order valence-electron chi connectivity index (χ1n) is 5.47. The molecule has 0 bridgehead atoms. The van der Waals surface area contributed by atoms with Crippen LogP contribution in [0, 0.1) is 5.82 Å². The summed E-state index contributed by atoms with van der Waals surface area (Å²) in [5, 5.41) is 9.74. The topological polar surface area (TPSA) is 35.0 Å². The van der Waals surface area contributed by atoms with Gasteiger partial charge >= 0.3 is 0 Å². The van der Waals surface area contributed by atoms with Crippen molar-refractivity contribution >= 4 is 22.9 Å². The Kier molecular flexibility index (Phi) is 4.49. The Labute approximate surface area is 114 Å². The molecule has 0 unspecified atom stereocenters. The summed E-state index contributed by atoms with van der Waals surface area (Å²) in [5.41, 5.74) is 0.711. The summed E-state index contributed by atoms with van der Waals surface area (Å²) >= 11 is 7.08. The minimum Gasteiger partial charge on any atom is -0.494 e. The highest BCUT2D eigenvalue weighted by atomic mass is 35.5. The summed E-state index contributed by atoms with van der Waals surface area (Å²) in [6.07, 6.45) is 1.67. The maximum atomic E-state index is 13.6. The van der Waals surface area contributed by atoms with E-state index in [2.05, 4.69) is 10.2 Å². The van der Waals surface area contributed by atoms with Gasteiger partial charge in [-0.3, -0.25) is 0 Å². The van der Waals surface area contributed by atoms with Crippen LogP contribution in [0.4, 0.5) is 4.39 Å². The zero-order valence-corrected chi connectivity index (χ0v) is 11.4. The number of alkyl halides is 1. The predicted octanol–water partition coefficient (Wildman–Crippen LogP) is 3.52. The van der Waals surface area contributed by atoms with Gasteiger partial charge in [-0.1, -0.05) is 11.3 Å². The number of benzene rings is 1. The molecule has 0 aliphatic rings. The van der Waals surface area contributed by atoms with Crippen LogP contribution in [0.2, 0.25) is 0 Å². The first-order chi connectivity index (χ1) is 8.74. The molecule has 1 aromatic heterocycles. The molecule has 0 amide bonds. The molecule has 0 atom stereocenters. The highest BCUT2D eigenvalue weighted by Crippen LogP contribution is 2.28. The van der Waals surface area contributed by atoms with Gasteiger partial charge in [0.1, 0.15) is 10.0 Å². The summed E-state index contributed by atoms with van der Waals surface area (Å²) in [5.74, 6) is 0.435. The number of nitrogens with zero attached hydrogens (tertiary/aromatic N) is 2. The van der Waals surface area contributed by atoms with Crippen LogP contribution in [-0.2, 0) is 6.42 Å². The van der Waals surface area contributed by atoms with Crippen molar-refractivity contribution in [1.29, 1.82) is 0 Å². The normalized spacial score (nSPS) is 10.6. The third-order valence-corrected chi connectivity index (χ3v) is 3.69. The van der Waals surface area contributed by atoms with E-state index in [0.29, 0.717) is 16.5 Å². The predicted molar refractivity (Wildman–Crippen MR) is 70.9 cm³/mol. The van der Waals surface area contributed by atoms with Crippen LogP contribution >= 0.6 is 22.9 Å². The van der Waals surface area contributed by atoms with Crippen LogP contribution in [0.1, 0.15) is 11.4 Å². The molecule has 0 aliphatic carbocycles. The second kappa shape index (κ2) is 6.11. The number of ether oxygens (including phenoxy) is 1. The van der Waals surface area contributed by atoms with Gasteiger partial charge in [0.2, 0.25) is 0 Å². The van der Waals surface area contributed by atoms with E-state index >= 15 is 0 Å². The van der Waals surface area contributed by atoms with Crippen molar-refractivity contribution in [3.8, 4) is 16.3 Å². The quantitative estimate of drug-likeness (QED) is 0.789. The van der Waals surface area contributed by atoms with Crippen LogP contribution in [-0.4, -0.2) is 23.2 Å². The molecule has 0 saturated heterocycles. The summed E-state index contributed by atoms with van der Waals surface area (Å²) in [7, 11) is 1.44. The van der Waals surface area contributed by atoms with E-state index in [-0.39, 0.29) is 5.75 Å². The van der Waals surface area contributed by atoms with Crippen molar-refractivity contribution in [3.05, 3.63) is 29.0 Å². The number of hydrogen-bond donors (Lipinski definition) is 0. The van der Waals surface area contributed by atoms with Crippen molar-refractivity contribution in [1.82, 2.24) is 10.2 Å². The van der Waals surface area contributed by atoms with E-state index in [1.165, 1.54) is 24.5 Å². The van der Waals surface area contributed by atoms with Crippen LogP contribution in [0.15, 0.2) is 18.2 Å². The van der Waals surface area contributed by atoms with Crippen molar-refractivity contribution < 1.29 is 9.13 Å². The number of aromatic nitrogens is 2. The largest absolute Gasteiger partial charge is 0.494 e. The zero-order valence-electron chi connectivity index (χ0n) is 9.82. The minimum absolute atomic E-state index is 0.227. The summed E-state index contributed by atoms with van der Waals surface area (Å²) in [6.45, 7) is 0. The average molecular weight is 287 g/mol. The van der Waals surface area contributed by atoms with Crippen molar-refractivity contribution in [3.63, 3.8) is 0 Å². The van der Waals surface area contributed by atoms with Crippen LogP contribution in [0.25, 0.3) is 10.6 Å². The first kappa shape index (κ1) is 13.2. The fourth-order valence-electron chi connectivity index (χ4n) is 1.49. The Bertz CT molecular complexity index is 533. The molecule has 1 aromatic carbocycles. The lowest BCUT2D eigenvalue weighted by Crippen LogP contribution is -1.88. The molecule has 6 heteroatoms. The van der Waals surface area contributed by atoms with Crippen LogP contribution in [0.3, 0.4) is 0 Å². The maximum absolute atomic E-state index is 13.6. The van der Waals surface area contributed by atoms with Gasteiger partial charge in [-0.15, -0.1) is 21.8 Å². The van der Waals surface area contributed by atoms with Crippen molar-refractivity contribution in [2.24, 2.45) is 0 Å². The second-order valence-electron chi connectivity index (χ2n) is 3.64. The molecule has 2 aromatic rings. The summed E-state index contributed by atoms with van der Waals surface area (Å²) < 4.78 is 18.4. The third-order valence-electron chi connectivity index (χ3n) is 2.39. The molecule has 1 heterocycles. The van der Waals surface area contributed by atoms with Gasteiger partial charge in [-0.25, -0.2) is 4.39 Å². The summed E-state index contributed by atoms with van der Waals surface area (Å²) in [4.78, 5) is 0. The molecule has 0 N–H and O–H groups in total. The second-order valence-corrected chi connectivity index (χ2v) is 5.08. The number of aryl methyl sites for hydroxylation is 1. The average Bonchev–Trinajstić information content (AvgIpc) is 2.85. The Morgan fingerprint density at radius 1 is 1.39 bits per heavy atom. The Morgan fingerprint density at radius 3 is 2.89 bits per heavy atom. The number of halogens is 2. The molecule has 18 heavy (non-hydrogen) atoms. The van der Waals surface area contributed by atoms with Crippen molar-refractivity contribution in [2.75, 3.05) is 13.0 Å². The van der Waals surface area contributed by atoms with Gasteiger partial charge in [0.15, 0.2) is 11.6 Å². The van der Waals surface area contributed by atoms with Gasteiger partial charge in [-0.2, -0.15) is 0 Å². The molecular weight excluding hydrogens is 275 g/mol. The van der Waals surface area contributed by atoms with Gasteiger partial charge in [-0.05, 0) is 24.6 Å². The van der Waals surface area contributed by atoms with Crippen LogP contribution in [0.5, 0.6) is 5.75 Å². The molecular formula is C12H12ClFN2OS. The first-order valence-corrected chi connectivity index (χ1v) is 6.82. The number of hydrogen-bond acceptors (Lipinski definition) is 4. The monoisotopic (exact) mass is 286 g/mol. The van der Waals surface area contributed by atoms with E-state index < -0.39 is 5.82 Å². The lowest BCUT2D eigenvalue weighted by Gasteiger charge is -2.02. The molecule has 0 aliphatic heterocycles. The van der Waals surface area contributed by atoms with Gasteiger partial charge < -0.3 is 4.74 Å². The maximum Gasteiger partial charge on any atom is 0.165 e. The van der Waals surface area contributed by atoms with E-state index in [9.17, 15) is 4.39 Å². The molecule has 0 fully saturated rings. The Morgan fingerprint density at radius 2 is 2.22 bits per heavy atom. The fourth-order valence-corrected chi connectivity index (χ4v) is 2.50. The smallest absolute Gasteiger partial charge is 0.165 e. The van der Waals surface area contributed by atoms with E-state index in [0.717, 1.165) is 17.8 Å². The number of rotatable bonds is 5. The lowest BCUT2D eigenvalue weighted by molar-refractivity contribution is 0.386. The highest BCUT2D eigenvalue weighted by Gasteiger charge is 2.09. The fraction of sp³-hybridized carbons (Fsp3) is 0.333. The molecule has 0 radical (unpaired) electrons. The van der Waals surface area contributed by atoms with Gasteiger partial charge in [0, 0.05) is 17.9 Å². The lowest BCUT2D eigenvalue weighted by atomic mass is 10.2. The van der Waals surface area contributed by atoms with Gasteiger partial charge in [0.05, 0.1) is 7.11 Å². The standard InChI is InChI=1S/C12H12ClFN2OS/c1-17-10-5-4-8(7-9(10)14)12-16-15-11(18-12)3-2-6-13/h4-5,7H,2-3,6H2,1H3. The van der Waals surface area contributed by atoms with E-state index in [4.69, 9.17) is 16.3 Å². The number of methoxy groups -OCH3 is 1. The minimum atomic E-state index is -0.396. The third kappa shape index (κ3) is 2.97. The summed E-state index contributed by atoms with van der Waals surface area (Å²) in [6, 6.07) is 4.77. The molecule has 2 rings (SSSR count). The van der Waals surface area contributed by atoms with E-state index in [1.54, 1.807) is 12.1 Å². The van der Waals surface area contributed by atoms with E-state index in [1.807, 2.05) is 0 Å². The Hall–Kier alpha value is -1.20. The zero-order chi connectivity index (χ0) is 13.0.